The standard InChI is InChI=1S/C25H29N3O2S2/c1-27(17-10-4-2-5-11-17)21(29)16-31-25-26-23-22(19-14-8-9-15-20(19)32-23)24(30)28(25)18-12-6-3-7-13-18/h3,6-7,12-13,17H,2,4-5,8-11,14-16H2,1H3. The van der Waals surface area contributed by atoms with Crippen molar-refractivity contribution >= 4 is 39.2 Å². The quantitative estimate of drug-likeness (QED) is 0.382. The van der Waals surface area contributed by atoms with Gasteiger partial charge in [-0.25, -0.2) is 4.98 Å². The number of carbonyl (C=O) groups is 1. The van der Waals surface area contributed by atoms with Gasteiger partial charge in [0.2, 0.25) is 5.91 Å². The van der Waals surface area contributed by atoms with E-state index in [1.807, 2.05) is 42.3 Å². The highest BCUT2D eigenvalue weighted by Crippen LogP contribution is 2.35. The van der Waals surface area contributed by atoms with E-state index in [-0.39, 0.29) is 11.5 Å². The summed E-state index contributed by atoms with van der Waals surface area (Å²) in [6.07, 6.45) is 10.1. The summed E-state index contributed by atoms with van der Waals surface area (Å²) >= 11 is 3.05. The molecule has 0 spiro atoms. The van der Waals surface area contributed by atoms with Crippen molar-refractivity contribution in [2.24, 2.45) is 0 Å². The second-order valence-corrected chi connectivity index (χ2v) is 10.9. The lowest BCUT2D eigenvalue weighted by molar-refractivity contribution is -0.129. The van der Waals surface area contributed by atoms with Gasteiger partial charge in [0.05, 0.1) is 16.8 Å². The number of hydrogen-bond donors (Lipinski definition) is 0. The molecule has 1 amide bonds. The second-order valence-electron chi connectivity index (χ2n) is 8.85. The van der Waals surface area contributed by atoms with Crippen molar-refractivity contribution in [2.75, 3.05) is 12.8 Å². The van der Waals surface area contributed by atoms with Gasteiger partial charge < -0.3 is 4.90 Å². The highest BCUT2D eigenvalue weighted by Gasteiger charge is 2.25. The summed E-state index contributed by atoms with van der Waals surface area (Å²) in [6, 6.07) is 10.0. The Labute approximate surface area is 196 Å². The van der Waals surface area contributed by atoms with E-state index >= 15 is 0 Å². The van der Waals surface area contributed by atoms with Crippen molar-refractivity contribution in [3.63, 3.8) is 0 Å². The smallest absolute Gasteiger partial charge is 0.267 e. The maximum atomic E-state index is 13.7. The van der Waals surface area contributed by atoms with Gasteiger partial charge in [-0.2, -0.15) is 0 Å². The summed E-state index contributed by atoms with van der Waals surface area (Å²) < 4.78 is 1.71. The Morgan fingerprint density at radius 2 is 1.88 bits per heavy atom. The van der Waals surface area contributed by atoms with Gasteiger partial charge in [-0.1, -0.05) is 49.2 Å². The van der Waals surface area contributed by atoms with E-state index in [1.54, 1.807) is 15.9 Å². The number of amides is 1. The minimum absolute atomic E-state index is 0.00353. The van der Waals surface area contributed by atoms with Crippen LogP contribution in [-0.4, -0.2) is 39.2 Å². The molecule has 0 N–H and O–H groups in total. The van der Waals surface area contributed by atoms with E-state index in [2.05, 4.69) is 0 Å². The zero-order valence-electron chi connectivity index (χ0n) is 18.5. The van der Waals surface area contributed by atoms with Crippen LogP contribution in [-0.2, 0) is 17.6 Å². The molecule has 2 aliphatic rings. The molecular formula is C25H29N3O2S2. The third-order valence-corrected chi connectivity index (χ3v) is 8.92. The van der Waals surface area contributed by atoms with Crippen LogP contribution in [0.4, 0.5) is 0 Å². The van der Waals surface area contributed by atoms with Gasteiger partial charge >= 0.3 is 0 Å². The summed E-state index contributed by atoms with van der Waals surface area (Å²) in [5, 5.41) is 1.39. The van der Waals surface area contributed by atoms with E-state index in [0.29, 0.717) is 17.0 Å². The lowest BCUT2D eigenvalue weighted by Gasteiger charge is -2.31. The fourth-order valence-corrected chi connectivity index (χ4v) is 7.23. The molecule has 5 rings (SSSR count). The molecule has 2 aliphatic carbocycles. The molecule has 1 saturated carbocycles. The second kappa shape index (κ2) is 9.40. The molecule has 0 atom stereocenters. The van der Waals surface area contributed by atoms with Crippen molar-refractivity contribution in [1.82, 2.24) is 14.5 Å². The summed E-state index contributed by atoms with van der Waals surface area (Å²) in [5.41, 5.74) is 2.00. The normalized spacial score (nSPS) is 16.8. The SMILES string of the molecule is CN(C(=O)CSc1nc2sc3c(c2c(=O)n1-c1ccccc1)CCCC3)C1CCCCC1. The Bertz CT molecular complexity index is 1180. The van der Waals surface area contributed by atoms with E-state index < -0.39 is 0 Å². The van der Waals surface area contributed by atoms with Crippen molar-refractivity contribution < 1.29 is 4.79 Å². The van der Waals surface area contributed by atoms with Crippen LogP contribution in [0.5, 0.6) is 0 Å². The number of carbonyl (C=O) groups excluding carboxylic acids is 1. The van der Waals surface area contributed by atoms with Crippen molar-refractivity contribution in [2.45, 2.75) is 69.0 Å². The van der Waals surface area contributed by atoms with Gasteiger partial charge in [0.25, 0.3) is 5.56 Å². The largest absolute Gasteiger partial charge is 0.342 e. The van der Waals surface area contributed by atoms with E-state index in [0.717, 1.165) is 48.0 Å². The highest BCUT2D eigenvalue weighted by atomic mass is 32.2. The van der Waals surface area contributed by atoms with Gasteiger partial charge in [0, 0.05) is 18.0 Å². The molecule has 0 bridgehead atoms. The molecule has 3 aromatic rings. The summed E-state index contributed by atoms with van der Waals surface area (Å²) in [5.74, 6) is 0.407. The lowest BCUT2D eigenvalue weighted by Crippen LogP contribution is -2.39. The molecule has 0 unspecified atom stereocenters. The molecule has 1 aromatic carbocycles. The Hall–Kier alpha value is -2.12. The predicted octanol–water partition coefficient (Wildman–Crippen LogP) is 5.21. The van der Waals surface area contributed by atoms with Crippen molar-refractivity contribution in [1.29, 1.82) is 0 Å². The Morgan fingerprint density at radius 3 is 2.66 bits per heavy atom. The number of hydrogen-bond acceptors (Lipinski definition) is 5. The molecule has 2 aromatic heterocycles. The van der Waals surface area contributed by atoms with Gasteiger partial charge in [0.15, 0.2) is 5.16 Å². The van der Waals surface area contributed by atoms with E-state index in [9.17, 15) is 9.59 Å². The summed E-state index contributed by atoms with van der Waals surface area (Å²) in [4.78, 5) is 35.7. The summed E-state index contributed by atoms with van der Waals surface area (Å²) in [6.45, 7) is 0. The number of nitrogens with zero attached hydrogens (tertiary/aromatic N) is 3. The maximum absolute atomic E-state index is 13.7. The molecule has 1 fully saturated rings. The zero-order chi connectivity index (χ0) is 22.1. The highest BCUT2D eigenvalue weighted by molar-refractivity contribution is 7.99. The predicted molar refractivity (Wildman–Crippen MR) is 132 cm³/mol. The summed E-state index contributed by atoms with van der Waals surface area (Å²) in [7, 11) is 1.92. The van der Waals surface area contributed by atoms with Crippen LogP contribution in [0.3, 0.4) is 0 Å². The minimum Gasteiger partial charge on any atom is -0.342 e. The molecule has 0 radical (unpaired) electrons. The van der Waals surface area contributed by atoms with Crippen LogP contribution in [0.25, 0.3) is 15.9 Å². The fraction of sp³-hybridized carbons (Fsp3) is 0.480. The number of para-hydroxylation sites is 1. The van der Waals surface area contributed by atoms with Gasteiger partial charge in [0.1, 0.15) is 4.83 Å². The number of fused-ring (bicyclic) bond motifs is 3. The number of aryl methyl sites for hydroxylation is 2. The fourth-order valence-electron chi connectivity index (χ4n) is 4.99. The van der Waals surface area contributed by atoms with Gasteiger partial charge in [-0.05, 0) is 56.2 Å². The van der Waals surface area contributed by atoms with Crippen LogP contribution in [0.1, 0.15) is 55.4 Å². The number of thioether (sulfide) groups is 1. The molecule has 5 nitrogen and oxygen atoms in total. The Kier molecular flexibility index (Phi) is 6.37. The Morgan fingerprint density at radius 1 is 1.12 bits per heavy atom. The number of thiophene rings is 1. The first-order valence-corrected chi connectivity index (χ1v) is 13.4. The first-order valence-electron chi connectivity index (χ1n) is 11.6. The third-order valence-electron chi connectivity index (χ3n) is 6.81. The van der Waals surface area contributed by atoms with Crippen molar-refractivity contribution in [3.05, 3.63) is 51.1 Å². The maximum Gasteiger partial charge on any atom is 0.267 e. The zero-order valence-corrected chi connectivity index (χ0v) is 20.1. The van der Waals surface area contributed by atoms with Crippen LogP contribution >= 0.6 is 23.1 Å². The Balaban J connectivity index is 1.50. The number of aromatic nitrogens is 2. The molecule has 0 saturated heterocycles. The topological polar surface area (TPSA) is 55.2 Å². The molecule has 32 heavy (non-hydrogen) atoms. The number of rotatable bonds is 5. The van der Waals surface area contributed by atoms with Crippen LogP contribution in [0.15, 0.2) is 40.3 Å². The van der Waals surface area contributed by atoms with Crippen molar-refractivity contribution in [3.8, 4) is 5.69 Å². The van der Waals surface area contributed by atoms with Crippen LogP contribution < -0.4 is 5.56 Å². The van der Waals surface area contributed by atoms with Crippen LogP contribution in [0.2, 0.25) is 0 Å². The molecule has 0 aliphatic heterocycles. The van der Waals surface area contributed by atoms with E-state index in [1.165, 1.54) is 47.9 Å². The third kappa shape index (κ3) is 4.13. The average molecular weight is 468 g/mol. The van der Waals surface area contributed by atoms with E-state index in [4.69, 9.17) is 4.98 Å². The molecule has 168 valence electrons. The van der Waals surface area contributed by atoms with Crippen LogP contribution in [0, 0.1) is 0 Å². The monoisotopic (exact) mass is 467 g/mol. The lowest BCUT2D eigenvalue weighted by atomic mass is 9.94. The molecule has 2 heterocycles. The molecule has 7 heteroatoms. The first-order chi connectivity index (χ1) is 15.6. The average Bonchev–Trinajstić information content (AvgIpc) is 3.22. The van der Waals surface area contributed by atoms with Gasteiger partial charge in [-0.15, -0.1) is 11.3 Å². The first kappa shape index (κ1) is 21.7. The minimum atomic E-state index is -0.00353. The van der Waals surface area contributed by atoms with Gasteiger partial charge in [-0.3, -0.25) is 14.2 Å². The molecular weight excluding hydrogens is 438 g/mol. The number of benzene rings is 1.